The molecule has 3 nitrogen and oxygen atoms in total. The molecule has 1 aliphatic heterocycles. The second kappa shape index (κ2) is 7.19. The van der Waals surface area contributed by atoms with Crippen LogP contribution in [0.1, 0.15) is 27.2 Å². The van der Waals surface area contributed by atoms with Crippen molar-refractivity contribution in [2.45, 2.75) is 32.4 Å². The van der Waals surface area contributed by atoms with Crippen LogP contribution in [-0.4, -0.2) is 53.6 Å². The molecule has 1 unspecified atom stereocenters. The van der Waals surface area contributed by atoms with Crippen LogP contribution in [0, 0.1) is 5.92 Å². The largest absolute Gasteiger partial charge is 0.372 e. The molecule has 0 aromatic carbocycles. The van der Waals surface area contributed by atoms with Crippen molar-refractivity contribution in [1.29, 1.82) is 0 Å². The maximum atomic E-state index is 11.6. The van der Waals surface area contributed by atoms with Crippen molar-refractivity contribution >= 4 is 18.4 Å². The van der Waals surface area contributed by atoms with Gasteiger partial charge < -0.3 is 4.90 Å². The lowest BCUT2D eigenvalue weighted by molar-refractivity contribution is -0.122. The minimum absolute atomic E-state index is 0.163. The van der Waals surface area contributed by atoms with Crippen molar-refractivity contribution in [2.75, 3.05) is 32.7 Å². The van der Waals surface area contributed by atoms with Crippen molar-refractivity contribution < 1.29 is 4.79 Å². The van der Waals surface area contributed by atoms with Gasteiger partial charge >= 0.3 is 0 Å². The van der Waals surface area contributed by atoms with E-state index in [1.165, 1.54) is 0 Å². The van der Waals surface area contributed by atoms with Gasteiger partial charge in [-0.3, -0.25) is 9.69 Å². The fourth-order valence-corrected chi connectivity index (χ4v) is 2.24. The van der Waals surface area contributed by atoms with Gasteiger partial charge in [0.2, 0.25) is 0 Å². The highest BCUT2D eigenvalue weighted by Crippen LogP contribution is 2.15. The molecule has 0 amide bonds. The van der Waals surface area contributed by atoms with Crippen LogP contribution < -0.4 is 0 Å². The van der Waals surface area contributed by atoms with Crippen LogP contribution >= 0.6 is 12.6 Å². The summed E-state index contributed by atoms with van der Waals surface area (Å²) in [5.74, 6) is 0.530. The van der Waals surface area contributed by atoms with E-state index in [0.717, 1.165) is 38.4 Å². The highest BCUT2D eigenvalue weighted by atomic mass is 32.1. The first kappa shape index (κ1) is 15.6. The minimum Gasteiger partial charge on any atom is -0.372 e. The lowest BCUT2D eigenvalue weighted by Crippen LogP contribution is -2.47. The summed E-state index contributed by atoms with van der Waals surface area (Å²) in [4.78, 5) is 16.3. The third-order valence-electron chi connectivity index (χ3n) is 3.58. The SMILES string of the molecule is C=C(C(C)S)N1CCN(CCC(=O)C(C)C)CC1. The summed E-state index contributed by atoms with van der Waals surface area (Å²) in [5.41, 5.74) is 1.11. The molecule has 0 aromatic rings. The zero-order valence-electron chi connectivity index (χ0n) is 11.9. The van der Waals surface area contributed by atoms with E-state index in [9.17, 15) is 4.79 Å². The monoisotopic (exact) mass is 270 g/mol. The third kappa shape index (κ3) is 4.65. The van der Waals surface area contributed by atoms with Gasteiger partial charge in [-0.05, 0) is 6.92 Å². The molecule has 1 saturated heterocycles. The Balaban J connectivity index is 2.27. The zero-order valence-corrected chi connectivity index (χ0v) is 12.7. The zero-order chi connectivity index (χ0) is 13.7. The van der Waals surface area contributed by atoms with Gasteiger partial charge in [0, 0.05) is 56.0 Å². The van der Waals surface area contributed by atoms with Crippen LogP contribution in [0.15, 0.2) is 12.3 Å². The Morgan fingerprint density at radius 2 is 1.78 bits per heavy atom. The van der Waals surface area contributed by atoms with Crippen molar-refractivity contribution in [3.8, 4) is 0 Å². The number of rotatable bonds is 6. The molecule has 0 saturated carbocycles. The number of nitrogens with zero attached hydrogens (tertiary/aromatic N) is 2. The Labute approximate surface area is 117 Å². The highest BCUT2D eigenvalue weighted by Gasteiger charge is 2.20. The van der Waals surface area contributed by atoms with Crippen LogP contribution in [0.5, 0.6) is 0 Å². The van der Waals surface area contributed by atoms with E-state index in [2.05, 4.69) is 35.9 Å². The van der Waals surface area contributed by atoms with Gasteiger partial charge in [-0.1, -0.05) is 20.4 Å². The quantitative estimate of drug-likeness (QED) is 0.747. The topological polar surface area (TPSA) is 23.6 Å². The van der Waals surface area contributed by atoms with Gasteiger partial charge in [0.05, 0.1) is 0 Å². The number of Topliss-reactive ketones (excluding diaryl/α,β-unsaturated/α-hetero) is 1. The molecule has 0 N–H and O–H groups in total. The summed E-state index contributed by atoms with van der Waals surface area (Å²) in [6.07, 6.45) is 0.682. The van der Waals surface area contributed by atoms with Gasteiger partial charge in [0.15, 0.2) is 0 Å². The summed E-state index contributed by atoms with van der Waals surface area (Å²) in [6, 6.07) is 0. The molecule has 0 aromatic heterocycles. The van der Waals surface area contributed by atoms with Gasteiger partial charge in [-0.2, -0.15) is 12.6 Å². The Bertz CT molecular complexity index is 294. The number of thiol groups is 1. The van der Waals surface area contributed by atoms with Crippen molar-refractivity contribution in [1.82, 2.24) is 9.80 Å². The first-order valence-corrected chi connectivity index (χ1v) is 7.30. The second-order valence-corrected chi connectivity index (χ2v) is 6.14. The summed E-state index contributed by atoms with van der Waals surface area (Å²) < 4.78 is 0. The summed E-state index contributed by atoms with van der Waals surface area (Å²) in [6.45, 7) is 15.0. The predicted octanol–water partition coefficient (Wildman–Crippen LogP) is 2.05. The normalized spacial score (nSPS) is 19.1. The van der Waals surface area contributed by atoms with Gasteiger partial charge in [0.25, 0.3) is 0 Å². The molecule has 1 fully saturated rings. The predicted molar refractivity (Wildman–Crippen MR) is 80.1 cm³/mol. The van der Waals surface area contributed by atoms with E-state index >= 15 is 0 Å². The van der Waals surface area contributed by atoms with E-state index in [-0.39, 0.29) is 11.2 Å². The van der Waals surface area contributed by atoms with E-state index < -0.39 is 0 Å². The number of carbonyl (C=O) groups is 1. The lowest BCUT2D eigenvalue weighted by atomic mass is 10.1. The molecular weight excluding hydrogens is 244 g/mol. The van der Waals surface area contributed by atoms with Crippen molar-refractivity contribution in [2.24, 2.45) is 5.92 Å². The fraction of sp³-hybridized carbons (Fsp3) is 0.786. The molecule has 18 heavy (non-hydrogen) atoms. The average Bonchev–Trinajstić information content (AvgIpc) is 2.35. The van der Waals surface area contributed by atoms with Crippen LogP contribution in [0.4, 0.5) is 0 Å². The molecule has 4 heteroatoms. The molecule has 1 aliphatic rings. The number of ketones is 1. The Hall–Kier alpha value is -0.480. The molecule has 104 valence electrons. The highest BCUT2D eigenvalue weighted by molar-refractivity contribution is 7.81. The van der Waals surface area contributed by atoms with E-state index in [1.54, 1.807) is 0 Å². The first-order valence-electron chi connectivity index (χ1n) is 6.78. The smallest absolute Gasteiger partial charge is 0.136 e. The minimum atomic E-state index is 0.163. The third-order valence-corrected chi connectivity index (χ3v) is 3.88. The van der Waals surface area contributed by atoms with Crippen LogP contribution in [0.25, 0.3) is 0 Å². The Morgan fingerprint density at radius 1 is 1.22 bits per heavy atom. The van der Waals surface area contributed by atoms with E-state index in [1.807, 2.05) is 13.8 Å². The van der Waals surface area contributed by atoms with Crippen LogP contribution in [0.2, 0.25) is 0 Å². The van der Waals surface area contributed by atoms with E-state index in [0.29, 0.717) is 12.2 Å². The molecule has 0 spiro atoms. The number of hydrogen-bond acceptors (Lipinski definition) is 4. The van der Waals surface area contributed by atoms with Gasteiger partial charge in [-0.15, -0.1) is 0 Å². The molecule has 1 atom stereocenters. The Morgan fingerprint density at radius 3 is 2.22 bits per heavy atom. The number of hydrogen-bond donors (Lipinski definition) is 1. The van der Waals surface area contributed by atoms with Gasteiger partial charge in [0.1, 0.15) is 5.78 Å². The molecule has 0 aliphatic carbocycles. The second-order valence-electron chi connectivity index (χ2n) is 5.37. The van der Waals surface area contributed by atoms with E-state index in [4.69, 9.17) is 0 Å². The van der Waals surface area contributed by atoms with Gasteiger partial charge in [-0.25, -0.2) is 0 Å². The molecule has 1 heterocycles. The maximum absolute atomic E-state index is 11.6. The molecule has 0 radical (unpaired) electrons. The number of carbonyl (C=O) groups excluding carboxylic acids is 1. The summed E-state index contributed by atoms with van der Waals surface area (Å²) in [5, 5.41) is 0.221. The molecule has 0 bridgehead atoms. The first-order chi connectivity index (χ1) is 8.41. The lowest BCUT2D eigenvalue weighted by Gasteiger charge is -2.38. The summed E-state index contributed by atoms with van der Waals surface area (Å²) >= 11 is 4.42. The van der Waals surface area contributed by atoms with Crippen molar-refractivity contribution in [3.63, 3.8) is 0 Å². The van der Waals surface area contributed by atoms with Crippen LogP contribution in [-0.2, 0) is 4.79 Å². The Kier molecular flexibility index (Phi) is 6.22. The number of piperazine rings is 1. The standard InChI is InChI=1S/C14H26N2OS/c1-11(2)14(17)5-6-15-7-9-16(10-8-15)12(3)13(4)18/h11,13,18H,3,5-10H2,1-2,4H3. The van der Waals surface area contributed by atoms with Crippen molar-refractivity contribution in [3.05, 3.63) is 12.3 Å². The molecular formula is C14H26N2OS. The van der Waals surface area contributed by atoms with Crippen LogP contribution in [0.3, 0.4) is 0 Å². The maximum Gasteiger partial charge on any atom is 0.136 e. The average molecular weight is 270 g/mol. The molecule has 1 rings (SSSR count). The fourth-order valence-electron chi connectivity index (χ4n) is 2.08. The summed E-state index contributed by atoms with van der Waals surface area (Å²) in [7, 11) is 0.